The Bertz CT molecular complexity index is 1120. The van der Waals surface area contributed by atoms with Crippen LogP contribution in [0, 0.1) is 6.92 Å². The molecule has 0 radical (unpaired) electrons. The van der Waals surface area contributed by atoms with E-state index in [1.165, 1.54) is 11.1 Å². The van der Waals surface area contributed by atoms with Gasteiger partial charge in [0.2, 0.25) is 5.91 Å². The van der Waals surface area contributed by atoms with Gasteiger partial charge in [-0.3, -0.25) is 4.79 Å². The van der Waals surface area contributed by atoms with Crippen molar-refractivity contribution in [1.82, 2.24) is 5.32 Å². The van der Waals surface area contributed by atoms with Gasteiger partial charge < -0.3 is 21.1 Å². The quantitative estimate of drug-likeness (QED) is 0.396. The Morgan fingerprint density at radius 1 is 0.941 bits per heavy atom. The molecule has 4 rings (SSSR count). The molecule has 2 amide bonds. The van der Waals surface area contributed by atoms with Gasteiger partial charge in [0, 0.05) is 11.6 Å². The van der Waals surface area contributed by atoms with Crippen LogP contribution in [0.3, 0.4) is 0 Å². The monoisotopic (exact) mass is 457 g/mol. The largest absolute Gasteiger partial charge is 0.449 e. The highest BCUT2D eigenvalue weighted by molar-refractivity contribution is 5.96. The van der Waals surface area contributed by atoms with Crippen molar-refractivity contribution < 1.29 is 14.3 Å². The molecular formula is C28H31N3O3. The van der Waals surface area contributed by atoms with E-state index in [0.717, 1.165) is 29.5 Å². The van der Waals surface area contributed by atoms with Crippen molar-refractivity contribution in [2.24, 2.45) is 5.73 Å². The van der Waals surface area contributed by atoms with E-state index in [1.54, 1.807) is 0 Å². The number of alkyl carbamates (subject to hydrolysis) is 1. The first-order valence-electron chi connectivity index (χ1n) is 11.8. The molecule has 1 atom stereocenters. The number of benzene rings is 3. The maximum atomic E-state index is 12.9. The van der Waals surface area contributed by atoms with Crippen molar-refractivity contribution in [1.29, 1.82) is 0 Å². The van der Waals surface area contributed by atoms with Crippen molar-refractivity contribution in [3.63, 3.8) is 0 Å². The van der Waals surface area contributed by atoms with Crippen LogP contribution in [0.25, 0.3) is 11.1 Å². The predicted octanol–water partition coefficient (Wildman–Crippen LogP) is 4.97. The number of carbonyl (C=O) groups excluding carboxylic acids is 2. The van der Waals surface area contributed by atoms with Crippen LogP contribution in [0.15, 0.2) is 72.8 Å². The molecular weight excluding hydrogens is 426 g/mol. The van der Waals surface area contributed by atoms with Gasteiger partial charge in [-0.05, 0) is 72.7 Å². The third-order valence-corrected chi connectivity index (χ3v) is 6.18. The molecule has 0 spiro atoms. The summed E-state index contributed by atoms with van der Waals surface area (Å²) in [5.74, 6) is -0.300. The Hall–Kier alpha value is -3.64. The molecule has 0 saturated heterocycles. The van der Waals surface area contributed by atoms with Crippen LogP contribution < -0.4 is 16.4 Å². The molecule has 6 nitrogen and oxygen atoms in total. The van der Waals surface area contributed by atoms with Crippen LogP contribution >= 0.6 is 0 Å². The maximum Gasteiger partial charge on any atom is 0.407 e. The molecule has 1 aliphatic rings. The molecule has 0 bridgehead atoms. The number of unbranched alkanes of at least 4 members (excludes halogenated alkanes) is 1. The molecule has 34 heavy (non-hydrogen) atoms. The first-order valence-corrected chi connectivity index (χ1v) is 11.8. The number of aryl methyl sites for hydroxylation is 1. The summed E-state index contributed by atoms with van der Waals surface area (Å²) in [6.07, 6.45) is 1.39. The first-order chi connectivity index (χ1) is 16.6. The second-order valence-electron chi connectivity index (χ2n) is 8.67. The second kappa shape index (κ2) is 11.0. The van der Waals surface area contributed by atoms with Gasteiger partial charge in [-0.15, -0.1) is 0 Å². The average Bonchev–Trinajstić information content (AvgIpc) is 3.16. The van der Waals surface area contributed by atoms with Crippen molar-refractivity contribution in [3.05, 3.63) is 89.5 Å². The van der Waals surface area contributed by atoms with Crippen molar-refractivity contribution in [3.8, 4) is 11.1 Å². The van der Waals surface area contributed by atoms with Gasteiger partial charge in [-0.25, -0.2) is 4.79 Å². The summed E-state index contributed by atoms with van der Waals surface area (Å²) in [7, 11) is 0. The van der Waals surface area contributed by atoms with E-state index in [4.69, 9.17) is 10.5 Å². The normalized spacial score (nSPS) is 13.0. The second-order valence-corrected chi connectivity index (χ2v) is 8.67. The number of rotatable bonds is 9. The van der Waals surface area contributed by atoms with Gasteiger partial charge in [0.05, 0.1) is 0 Å². The summed E-state index contributed by atoms with van der Waals surface area (Å²) >= 11 is 0. The average molecular weight is 458 g/mol. The molecule has 0 fully saturated rings. The standard InChI is InChI=1S/C28H31N3O3/c1-19-9-8-10-20(17-19)30-27(32)26(15-6-7-16-29)31-28(33)34-18-25-23-13-4-2-11-21(23)22-12-3-5-14-24(22)25/h2-5,8-14,17,25-26H,6-7,15-16,18,29H2,1H3,(H,30,32)(H,31,33)/t26-/m0/s1. The van der Waals surface area contributed by atoms with Gasteiger partial charge in [-0.1, -0.05) is 60.7 Å². The van der Waals surface area contributed by atoms with Crippen LogP contribution in [0.4, 0.5) is 10.5 Å². The molecule has 4 N–H and O–H groups in total. The van der Waals surface area contributed by atoms with E-state index >= 15 is 0 Å². The number of hydrogen-bond acceptors (Lipinski definition) is 4. The molecule has 0 unspecified atom stereocenters. The minimum Gasteiger partial charge on any atom is -0.449 e. The third-order valence-electron chi connectivity index (χ3n) is 6.18. The minimum absolute atomic E-state index is 0.0324. The fraction of sp³-hybridized carbons (Fsp3) is 0.286. The summed E-state index contributed by atoms with van der Waals surface area (Å²) in [5, 5.41) is 5.67. The third kappa shape index (κ3) is 5.46. The Labute approximate surface area is 200 Å². The fourth-order valence-electron chi connectivity index (χ4n) is 4.50. The lowest BCUT2D eigenvalue weighted by Gasteiger charge is -2.20. The van der Waals surface area contributed by atoms with E-state index in [9.17, 15) is 9.59 Å². The Morgan fingerprint density at radius 3 is 2.26 bits per heavy atom. The lowest BCUT2D eigenvalue weighted by Crippen LogP contribution is -2.44. The highest BCUT2D eigenvalue weighted by atomic mass is 16.5. The topological polar surface area (TPSA) is 93.5 Å². The first kappa shape index (κ1) is 23.5. The van der Waals surface area contributed by atoms with Crippen LogP contribution in [-0.2, 0) is 9.53 Å². The van der Waals surface area contributed by atoms with Gasteiger partial charge in [0.25, 0.3) is 0 Å². The maximum absolute atomic E-state index is 12.9. The van der Waals surface area contributed by atoms with E-state index in [1.807, 2.05) is 55.5 Å². The zero-order valence-corrected chi connectivity index (χ0v) is 19.4. The predicted molar refractivity (Wildman–Crippen MR) is 135 cm³/mol. The van der Waals surface area contributed by atoms with Crippen LogP contribution in [0.5, 0.6) is 0 Å². The lowest BCUT2D eigenvalue weighted by molar-refractivity contribution is -0.118. The summed E-state index contributed by atoms with van der Waals surface area (Å²) < 4.78 is 5.64. The van der Waals surface area contributed by atoms with Gasteiger partial charge >= 0.3 is 6.09 Å². The summed E-state index contributed by atoms with van der Waals surface area (Å²) in [4.78, 5) is 25.7. The van der Waals surface area contributed by atoms with Gasteiger partial charge in [0.15, 0.2) is 0 Å². The van der Waals surface area contributed by atoms with Gasteiger partial charge in [-0.2, -0.15) is 0 Å². The van der Waals surface area contributed by atoms with Crippen molar-refractivity contribution >= 4 is 17.7 Å². The number of hydrogen-bond donors (Lipinski definition) is 3. The smallest absolute Gasteiger partial charge is 0.407 e. The Balaban J connectivity index is 1.41. The zero-order valence-electron chi connectivity index (χ0n) is 19.4. The minimum atomic E-state index is -0.706. The number of fused-ring (bicyclic) bond motifs is 3. The SMILES string of the molecule is Cc1cccc(NC(=O)[C@H](CCCCN)NC(=O)OCC2c3ccccc3-c3ccccc32)c1. The molecule has 3 aromatic carbocycles. The molecule has 176 valence electrons. The van der Waals surface area contributed by atoms with Gasteiger partial charge in [0.1, 0.15) is 12.6 Å². The van der Waals surface area contributed by atoms with E-state index in [-0.39, 0.29) is 18.4 Å². The number of nitrogens with one attached hydrogen (secondary N) is 2. The van der Waals surface area contributed by atoms with E-state index < -0.39 is 12.1 Å². The number of amides is 2. The lowest BCUT2D eigenvalue weighted by atomic mass is 9.98. The molecule has 1 aliphatic carbocycles. The molecule has 0 heterocycles. The Kier molecular flexibility index (Phi) is 7.60. The molecule has 6 heteroatoms. The summed E-state index contributed by atoms with van der Waals surface area (Å²) in [6.45, 7) is 2.70. The number of nitrogens with two attached hydrogens (primary N) is 1. The fourth-order valence-corrected chi connectivity index (χ4v) is 4.50. The van der Waals surface area contributed by atoms with Crippen molar-refractivity contribution in [2.45, 2.75) is 38.1 Å². The zero-order chi connectivity index (χ0) is 23.9. The summed E-state index contributed by atoms with van der Waals surface area (Å²) in [5.41, 5.74) is 12.0. The Morgan fingerprint density at radius 2 is 1.62 bits per heavy atom. The molecule has 0 aliphatic heterocycles. The van der Waals surface area contributed by atoms with E-state index in [0.29, 0.717) is 18.7 Å². The molecule has 0 saturated carbocycles. The molecule has 3 aromatic rings. The van der Waals surface area contributed by atoms with E-state index in [2.05, 4.69) is 34.9 Å². The van der Waals surface area contributed by atoms with Crippen LogP contribution in [0.2, 0.25) is 0 Å². The number of anilines is 1. The number of carbonyl (C=O) groups is 2. The molecule has 0 aromatic heterocycles. The highest BCUT2D eigenvalue weighted by Gasteiger charge is 2.29. The summed E-state index contributed by atoms with van der Waals surface area (Å²) in [6, 6.07) is 23.2. The highest BCUT2D eigenvalue weighted by Crippen LogP contribution is 2.44. The van der Waals surface area contributed by atoms with Crippen molar-refractivity contribution in [2.75, 3.05) is 18.5 Å². The van der Waals surface area contributed by atoms with Crippen LogP contribution in [0.1, 0.15) is 41.9 Å². The number of ether oxygens (including phenoxy) is 1. The van der Waals surface area contributed by atoms with Crippen LogP contribution in [-0.4, -0.2) is 31.2 Å².